The number of carbonyl (C=O) groups excluding carboxylic acids is 1. The Labute approximate surface area is 120 Å². The Morgan fingerprint density at radius 3 is 2.55 bits per heavy atom. The van der Waals surface area contributed by atoms with Crippen LogP contribution in [0.1, 0.15) is 20.3 Å². The molecule has 0 aliphatic carbocycles. The lowest BCUT2D eigenvalue weighted by atomic mass is 10.3. The van der Waals surface area contributed by atoms with Gasteiger partial charge in [0.15, 0.2) is 0 Å². The van der Waals surface area contributed by atoms with Gasteiger partial charge in [-0.05, 0) is 29.9 Å². The molecule has 0 bridgehead atoms. The van der Waals surface area contributed by atoms with E-state index in [1.54, 1.807) is 0 Å². The second kappa shape index (κ2) is 7.24. The lowest BCUT2D eigenvalue weighted by Crippen LogP contribution is -1.98. The van der Waals surface area contributed by atoms with Gasteiger partial charge in [-0.15, -0.1) is 4.76 Å². The summed E-state index contributed by atoms with van der Waals surface area (Å²) in [5, 5.41) is 13.2. The van der Waals surface area contributed by atoms with Gasteiger partial charge in [-0.25, -0.2) is 4.79 Å². The number of hydrogen-bond acceptors (Lipinski definition) is 5. The van der Waals surface area contributed by atoms with Crippen molar-refractivity contribution in [2.24, 2.45) is 4.76 Å². The van der Waals surface area contributed by atoms with Crippen molar-refractivity contribution in [2.45, 2.75) is 25.5 Å². The number of nitrogens with one attached hydrogen (secondary N) is 1. The molecule has 0 spiro atoms. The van der Waals surface area contributed by atoms with Crippen LogP contribution < -0.4 is 5.09 Å². The minimum atomic E-state index is -3.35. The molecule has 0 amide bonds. The molecular formula is C11H14N3O4PS. The molecule has 9 heteroatoms. The van der Waals surface area contributed by atoms with Crippen molar-refractivity contribution in [3.8, 4) is 0 Å². The average Bonchev–Trinajstić information content (AvgIpc) is 2.39. The predicted octanol–water partition coefficient (Wildman–Crippen LogP) is 3.98. The first-order valence-corrected chi connectivity index (χ1v) is 8.95. The highest BCUT2D eigenvalue weighted by Crippen LogP contribution is 2.61. The molecule has 0 aliphatic rings. The zero-order valence-corrected chi connectivity index (χ0v) is 12.7. The maximum absolute atomic E-state index is 12.5. The number of rotatable bonds is 7. The molecule has 1 aromatic carbocycles. The van der Waals surface area contributed by atoms with Gasteiger partial charge in [0.2, 0.25) is 6.08 Å². The molecule has 2 atom stereocenters. The monoisotopic (exact) mass is 315 g/mol. The van der Waals surface area contributed by atoms with Crippen molar-refractivity contribution < 1.29 is 14.3 Å². The number of hydrogen-bond donors (Lipinski definition) is 1. The normalized spacial score (nSPS) is 14.7. The van der Waals surface area contributed by atoms with E-state index < -0.39 is 11.6 Å². The molecule has 0 heterocycles. The van der Waals surface area contributed by atoms with E-state index in [0.717, 1.165) is 17.8 Å². The van der Waals surface area contributed by atoms with Crippen LogP contribution in [0, 0.1) is 10.1 Å². The Bertz CT molecular complexity index is 572. The average molecular weight is 315 g/mol. The first-order chi connectivity index (χ1) is 9.40. The number of nitro benzene ring substituents is 1. The van der Waals surface area contributed by atoms with E-state index in [-0.39, 0.29) is 10.9 Å². The molecule has 7 nitrogen and oxygen atoms in total. The highest BCUT2D eigenvalue weighted by atomic mass is 32.7. The summed E-state index contributed by atoms with van der Waals surface area (Å²) >= 11 is 1.06. The molecule has 0 saturated carbocycles. The van der Waals surface area contributed by atoms with Crippen LogP contribution in [0.4, 0.5) is 11.4 Å². The van der Waals surface area contributed by atoms with Gasteiger partial charge in [-0.2, -0.15) is 0 Å². The second-order valence-electron chi connectivity index (χ2n) is 3.95. The van der Waals surface area contributed by atoms with Crippen LogP contribution >= 0.6 is 18.0 Å². The summed E-state index contributed by atoms with van der Waals surface area (Å²) in [6.07, 6.45) is 2.08. The predicted molar refractivity (Wildman–Crippen MR) is 79.8 cm³/mol. The Hall–Kier alpha value is -1.62. The molecule has 0 aliphatic heterocycles. The lowest BCUT2D eigenvalue weighted by Gasteiger charge is -2.17. The number of isocyanates is 1. The first kappa shape index (κ1) is 16.4. The van der Waals surface area contributed by atoms with E-state index >= 15 is 0 Å². The van der Waals surface area contributed by atoms with Crippen molar-refractivity contribution in [2.75, 3.05) is 5.09 Å². The zero-order chi connectivity index (χ0) is 15.2. The van der Waals surface area contributed by atoms with E-state index in [4.69, 9.17) is 0 Å². The standard InChI is InChI=1S/C11H14N3O4PS/c1-3-9(2)20-19(18,12-8-15)13-10-4-6-11(7-5-10)14(16)17/h4-7,9H,3H2,1-2H3,(H,13,18). The molecule has 1 N–H and O–H groups in total. The van der Waals surface area contributed by atoms with Crippen molar-refractivity contribution in [3.63, 3.8) is 0 Å². The van der Waals surface area contributed by atoms with Crippen LogP contribution in [-0.4, -0.2) is 16.3 Å². The number of nitro groups is 1. The highest BCUT2D eigenvalue weighted by molar-refractivity contribution is 8.58. The largest absolute Gasteiger partial charge is 0.345 e. The Kier molecular flexibility index (Phi) is 5.95. The fourth-order valence-electron chi connectivity index (χ4n) is 1.27. The van der Waals surface area contributed by atoms with E-state index in [1.165, 1.54) is 30.3 Å². The van der Waals surface area contributed by atoms with Crippen molar-refractivity contribution >= 4 is 35.5 Å². The lowest BCUT2D eigenvalue weighted by molar-refractivity contribution is -0.384. The quantitative estimate of drug-likeness (QED) is 0.268. The highest BCUT2D eigenvalue weighted by Gasteiger charge is 2.25. The number of benzene rings is 1. The molecule has 0 radical (unpaired) electrons. The van der Waals surface area contributed by atoms with Crippen LogP contribution in [0.5, 0.6) is 0 Å². The van der Waals surface area contributed by atoms with Gasteiger partial charge >= 0.3 is 6.65 Å². The Morgan fingerprint density at radius 2 is 2.10 bits per heavy atom. The summed E-state index contributed by atoms with van der Waals surface area (Å²) in [6, 6.07) is 5.40. The summed E-state index contributed by atoms with van der Waals surface area (Å²) < 4.78 is 15.8. The summed E-state index contributed by atoms with van der Waals surface area (Å²) in [4.78, 5) is 20.4. The second-order valence-corrected chi connectivity index (χ2v) is 8.55. The maximum atomic E-state index is 12.5. The molecule has 20 heavy (non-hydrogen) atoms. The van der Waals surface area contributed by atoms with E-state index in [9.17, 15) is 19.5 Å². The molecule has 0 saturated heterocycles. The van der Waals surface area contributed by atoms with Crippen LogP contribution in [-0.2, 0) is 9.36 Å². The van der Waals surface area contributed by atoms with Crippen molar-refractivity contribution in [1.82, 2.24) is 0 Å². The zero-order valence-electron chi connectivity index (χ0n) is 11.0. The molecule has 108 valence electrons. The number of anilines is 1. The van der Waals surface area contributed by atoms with Gasteiger partial charge in [0.1, 0.15) is 0 Å². The van der Waals surface area contributed by atoms with Crippen molar-refractivity contribution in [3.05, 3.63) is 34.4 Å². The van der Waals surface area contributed by atoms with Crippen LogP contribution in [0.2, 0.25) is 0 Å². The first-order valence-electron chi connectivity index (χ1n) is 5.81. The third kappa shape index (κ3) is 4.81. The summed E-state index contributed by atoms with van der Waals surface area (Å²) in [5.41, 5.74) is 0.326. The number of nitrogens with zero attached hydrogens (tertiary/aromatic N) is 2. The van der Waals surface area contributed by atoms with Crippen LogP contribution in [0.3, 0.4) is 0 Å². The summed E-state index contributed by atoms with van der Waals surface area (Å²) in [6.45, 7) is 0.445. The van der Waals surface area contributed by atoms with Gasteiger partial charge in [0, 0.05) is 23.1 Å². The molecule has 2 unspecified atom stereocenters. The van der Waals surface area contributed by atoms with Crippen molar-refractivity contribution in [1.29, 1.82) is 0 Å². The van der Waals surface area contributed by atoms with Gasteiger partial charge in [0.05, 0.1) is 4.92 Å². The van der Waals surface area contributed by atoms with Gasteiger partial charge in [-0.3, -0.25) is 14.7 Å². The topological polar surface area (TPSA) is 102 Å². The molecular weight excluding hydrogens is 301 g/mol. The third-order valence-electron chi connectivity index (χ3n) is 2.42. The Balaban J connectivity index is 2.93. The van der Waals surface area contributed by atoms with E-state index in [1.807, 2.05) is 13.8 Å². The molecule has 1 aromatic rings. The SMILES string of the molecule is CCC(C)SP(=O)(N=C=O)Nc1ccc([N+](=O)[O-])cc1. The van der Waals surface area contributed by atoms with Gasteiger partial charge in [-0.1, -0.05) is 13.8 Å². The number of non-ortho nitro benzene ring substituents is 1. The Morgan fingerprint density at radius 1 is 1.50 bits per heavy atom. The van der Waals surface area contributed by atoms with Crippen LogP contribution in [0.15, 0.2) is 29.0 Å². The van der Waals surface area contributed by atoms with E-state index in [2.05, 4.69) is 9.85 Å². The third-order valence-corrected chi connectivity index (χ3v) is 6.74. The maximum Gasteiger partial charge on any atom is 0.345 e. The fourth-order valence-corrected chi connectivity index (χ4v) is 5.26. The fraction of sp³-hybridized carbons (Fsp3) is 0.364. The van der Waals surface area contributed by atoms with Gasteiger partial charge < -0.3 is 5.09 Å². The molecule has 0 aromatic heterocycles. The smallest absolute Gasteiger partial charge is 0.310 e. The van der Waals surface area contributed by atoms with Crippen LogP contribution in [0.25, 0.3) is 0 Å². The molecule has 1 rings (SSSR count). The van der Waals surface area contributed by atoms with Gasteiger partial charge in [0.25, 0.3) is 5.69 Å². The summed E-state index contributed by atoms with van der Waals surface area (Å²) in [7, 11) is 0. The molecule has 0 fully saturated rings. The van der Waals surface area contributed by atoms with E-state index in [0.29, 0.717) is 5.69 Å². The minimum Gasteiger partial charge on any atom is -0.310 e. The minimum absolute atomic E-state index is 0.0449. The summed E-state index contributed by atoms with van der Waals surface area (Å²) in [5.74, 6) is 0.